The largest absolute Gasteiger partial charge is 0.478 e. The molecule has 0 amide bonds. The number of carboxylic acid groups (broad SMARTS) is 1. The summed E-state index contributed by atoms with van der Waals surface area (Å²) in [5.41, 5.74) is 2.43. The molecule has 1 heterocycles. The van der Waals surface area contributed by atoms with Crippen molar-refractivity contribution in [2.24, 2.45) is 5.92 Å². The third-order valence-electron chi connectivity index (χ3n) is 3.74. The lowest BCUT2D eigenvalue weighted by Crippen LogP contribution is -2.16. The third kappa shape index (κ3) is 3.03. The van der Waals surface area contributed by atoms with Gasteiger partial charge in [-0.1, -0.05) is 24.6 Å². The second kappa shape index (κ2) is 6.21. The van der Waals surface area contributed by atoms with Crippen molar-refractivity contribution in [1.82, 2.24) is 5.32 Å². The molecule has 0 aromatic heterocycles. The predicted octanol–water partition coefficient (Wildman–Crippen LogP) is 2.83. The number of nitrogens with one attached hydrogen (secondary N) is 1. The maximum Gasteiger partial charge on any atom is 0.335 e. The van der Waals surface area contributed by atoms with Crippen LogP contribution in [-0.4, -0.2) is 24.2 Å². The minimum absolute atomic E-state index is 0. The molecule has 1 fully saturated rings. The summed E-state index contributed by atoms with van der Waals surface area (Å²) in [6.07, 6.45) is 1.13. The Morgan fingerprint density at radius 3 is 2.78 bits per heavy atom. The van der Waals surface area contributed by atoms with Gasteiger partial charge >= 0.3 is 5.97 Å². The summed E-state index contributed by atoms with van der Waals surface area (Å²) in [5.74, 6) is 0.0361. The second-order valence-corrected chi connectivity index (χ2v) is 4.94. The SMILES string of the molecule is Cc1ccc(C(C)C2CCNC2)c(C(=O)O)c1.Cl. The lowest BCUT2D eigenvalue weighted by molar-refractivity contribution is 0.0694. The second-order valence-electron chi connectivity index (χ2n) is 4.94. The van der Waals surface area contributed by atoms with E-state index in [0.717, 1.165) is 30.6 Å². The van der Waals surface area contributed by atoms with E-state index in [1.54, 1.807) is 6.07 Å². The van der Waals surface area contributed by atoms with Crippen LogP contribution in [0, 0.1) is 12.8 Å². The Morgan fingerprint density at radius 1 is 1.50 bits per heavy atom. The number of carboxylic acids is 1. The molecule has 2 rings (SSSR count). The molecule has 0 radical (unpaired) electrons. The van der Waals surface area contributed by atoms with Gasteiger partial charge in [0.05, 0.1) is 5.56 Å². The van der Waals surface area contributed by atoms with Gasteiger partial charge in [0.15, 0.2) is 0 Å². The number of carbonyl (C=O) groups is 1. The van der Waals surface area contributed by atoms with Crippen molar-refractivity contribution in [3.8, 4) is 0 Å². The molecular formula is C14H20ClNO2. The van der Waals surface area contributed by atoms with Gasteiger partial charge in [-0.15, -0.1) is 12.4 Å². The standard InChI is InChI=1S/C14H19NO2.ClH/c1-9-3-4-12(13(7-9)14(16)17)10(2)11-5-6-15-8-11;/h3-4,7,10-11,15H,5-6,8H2,1-2H3,(H,16,17);1H. The van der Waals surface area contributed by atoms with Crippen LogP contribution in [0.2, 0.25) is 0 Å². The van der Waals surface area contributed by atoms with Gasteiger partial charge in [-0.2, -0.15) is 0 Å². The Labute approximate surface area is 114 Å². The highest BCUT2D eigenvalue weighted by Gasteiger charge is 2.25. The molecule has 100 valence electrons. The van der Waals surface area contributed by atoms with Crippen LogP contribution in [-0.2, 0) is 0 Å². The minimum atomic E-state index is -0.818. The van der Waals surface area contributed by atoms with E-state index in [4.69, 9.17) is 0 Å². The Bertz CT molecular complexity index is 428. The summed E-state index contributed by atoms with van der Waals surface area (Å²) in [4.78, 5) is 11.3. The van der Waals surface area contributed by atoms with Crippen LogP contribution in [0.4, 0.5) is 0 Å². The van der Waals surface area contributed by atoms with E-state index in [2.05, 4.69) is 12.2 Å². The topological polar surface area (TPSA) is 49.3 Å². The molecular weight excluding hydrogens is 250 g/mol. The highest BCUT2D eigenvalue weighted by Crippen LogP contribution is 2.31. The number of hydrogen-bond acceptors (Lipinski definition) is 2. The van der Waals surface area contributed by atoms with Crippen LogP contribution >= 0.6 is 12.4 Å². The lowest BCUT2D eigenvalue weighted by Gasteiger charge is -2.20. The van der Waals surface area contributed by atoms with Crippen LogP contribution < -0.4 is 5.32 Å². The normalized spacial score (nSPS) is 20.2. The number of rotatable bonds is 3. The van der Waals surface area contributed by atoms with E-state index in [-0.39, 0.29) is 12.4 Å². The molecule has 0 aliphatic carbocycles. The molecule has 1 aliphatic heterocycles. The zero-order chi connectivity index (χ0) is 12.4. The molecule has 1 aliphatic rings. The number of aryl methyl sites for hydroxylation is 1. The Balaban J connectivity index is 0.00000162. The van der Waals surface area contributed by atoms with Crippen LogP contribution in [0.3, 0.4) is 0 Å². The van der Waals surface area contributed by atoms with Gasteiger partial charge in [0.2, 0.25) is 0 Å². The molecule has 0 saturated carbocycles. The first-order valence-corrected chi connectivity index (χ1v) is 6.14. The highest BCUT2D eigenvalue weighted by atomic mass is 35.5. The van der Waals surface area contributed by atoms with Crippen LogP contribution in [0.5, 0.6) is 0 Å². The van der Waals surface area contributed by atoms with Crippen molar-refractivity contribution in [2.75, 3.05) is 13.1 Å². The average Bonchev–Trinajstić information content (AvgIpc) is 2.81. The summed E-state index contributed by atoms with van der Waals surface area (Å²) in [5, 5.41) is 12.6. The smallest absolute Gasteiger partial charge is 0.335 e. The molecule has 2 N–H and O–H groups in total. The fourth-order valence-corrected chi connectivity index (χ4v) is 2.61. The van der Waals surface area contributed by atoms with Crippen molar-refractivity contribution in [3.63, 3.8) is 0 Å². The van der Waals surface area contributed by atoms with E-state index < -0.39 is 5.97 Å². The van der Waals surface area contributed by atoms with E-state index in [9.17, 15) is 9.90 Å². The zero-order valence-corrected chi connectivity index (χ0v) is 11.6. The summed E-state index contributed by atoms with van der Waals surface area (Å²) in [6, 6.07) is 5.75. The summed E-state index contributed by atoms with van der Waals surface area (Å²) < 4.78 is 0. The van der Waals surface area contributed by atoms with E-state index in [0.29, 0.717) is 17.4 Å². The quantitative estimate of drug-likeness (QED) is 0.887. The van der Waals surface area contributed by atoms with Crippen molar-refractivity contribution >= 4 is 18.4 Å². The fraction of sp³-hybridized carbons (Fsp3) is 0.500. The Morgan fingerprint density at radius 2 is 2.22 bits per heavy atom. The summed E-state index contributed by atoms with van der Waals surface area (Å²) in [6.45, 7) is 6.10. The Kier molecular flexibility index (Phi) is 5.17. The van der Waals surface area contributed by atoms with Gasteiger partial charge in [0, 0.05) is 0 Å². The molecule has 2 atom stereocenters. The summed E-state index contributed by atoms with van der Waals surface area (Å²) >= 11 is 0. The first-order valence-electron chi connectivity index (χ1n) is 6.14. The molecule has 0 bridgehead atoms. The van der Waals surface area contributed by atoms with Gasteiger partial charge in [-0.05, 0) is 49.9 Å². The third-order valence-corrected chi connectivity index (χ3v) is 3.74. The highest BCUT2D eigenvalue weighted by molar-refractivity contribution is 5.89. The molecule has 1 saturated heterocycles. The summed E-state index contributed by atoms with van der Waals surface area (Å²) in [7, 11) is 0. The maximum absolute atomic E-state index is 11.3. The average molecular weight is 270 g/mol. The number of aromatic carboxylic acids is 1. The first-order chi connectivity index (χ1) is 8.09. The van der Waals surface area contributed by atoms with Crippen molar-refractivity contribution in [1.29, 1.82) is 0 Å². The van der Waals surface area contributed by atoms with Crippen LogP contribution in [0.25, 0.3) is 0 Å². The lowest BCUT2D eigenvalue weighted by atomic mass is 9.84. The van der Waals surface area contributed by atoms with Crippen molar-refractivity contribution in [3.05, 3.63) is 34.9 Å². The molecule has 1 aromatic rings. The van der Waals surface area contributed by atoms with Gasteiger partial charge in [-0.3, -0.25) is 0 Å². The van der Waals surface area contributed by atoms with Crippen LogP contribution in [0.15, 0.2) is 18.2 Å². The van der Waals surface area contributed by atoms with Gasteiger partial charge in [0.1, 0.15) is 0 Å². The number of benzene rings is 1. The molecule has 18 heavy (non-hydrogen) atoms. The first kappa shape index (κ1) is 15.0. The number of halogens is 1. The monoisotopic (exact) mass is 269 g/mol. The van der Waals surface area contributed by atoms with Gasteiger partial charge < -0.3 is 10.4 Å². The zero-order valence-electron chi connectivity index (χ0n) is 10.8. The minimum Gasteiger partial charge on any atom is -0.478 e. The molecule has 1 aromatic carbocycles. The Hall–Kier alpha value is -1.06. The van der Waals surface area contributed by atoms with Crippen molar-refractivity contribution < 1.29 is 9.90 Å². The predicted molar refractivity (Wildman–Crippen MR) is 74.8 cm³/mol. The van der Waals surface area contributed by atoms with Gasteiger partial charge in [-0.25, -0.2) is 4.79 Å². The van der Waals surface area contributed by atoms with E-state index in [1.807, 2.05) is 19.1 Å². The van der Waals surface area contributed by atoms with Crippen LogP contribution in [0.1, 0.15) is 40.7 Å². The molecule has 2 unspecified atom stereocenters. The van der Waals surface area contributed by atoms with Crippen molar-refractivity contribution in [2.45, 2.75) is 26.2 Å². The van der Waals surface area contributed by atoms with E-state index in [1.165, 1.54) is 0 Å². The molecule has 0 spiro atoms. The fourth-order valence-electron chi connectivity index (χ4n) is 2.61. The number of hydrogen-bond donors (Lipinski definition) is 2. The maximum atomic E-state index is 11.3. The molecule has 4 heteroatoms. The van der Waals surface area contributed by atoms with E-state index >= 15 is 0 Å². The van der Waals surface area contributed by atoms with Gasteiger partial charge in [0.25, 0.3) is 0 Å². The molecule has 3 nitrogen and oxygen atoms in total.